The van der Waals surface area contributed by atoms with Crippen molar-refractivity contribution in [3.63, 3.8) is 0 Å². The van der Waals surface area contributed by atoms with Crippen LogP contribution in [0.2, 0.25) is 0 Å². The zero-order chi connectivity index (χ0) is 14.0. The van der Waals surface area contributed by atoms with E-state index in [-0.39, 0.29) is 0 Å². The molecule has 0 aromatic rings. The third kappa shape index (κ3) is 3.52. The summed E-state index contributed by atoms with van der Waals surface area (Å²) in [6.45, 7) is 19.1. The number of hydrogen-bond acceptors (Lipinski definition) is 0. The minimum atomic E-state index is 0.958. The lowest BCUT2D eigenvalue weighted by Crippen LogP contribution is -2.07. The molecule has 2 aliphatic carbocycles. The molecule has 0 aliphatic heterocycles. The van der Waals surface area contributed by atoms with Crippen molar-refractivity contribution in [3.05, 3.63) is 0 Å². The van der Waals surface area contributed by atoms with Gasteiger partial charge in [0.1, 0.15) is 0 Å². The van der Waals surface area contributed by atoms with Gasteiger partial charge in [-0.1, -0.05) is 55.4 Å². The fourth-order valence-electron chi connectivity index (χ4n) is 4.10. The highest BCUT2D eigenvalue weighted by molar-refractivity contribution is 4.82. The Morgan fingerprint density at radius 1 is 0.389 bits per heavy atom. The van der Waals surface area contributed by atoms with Crippen LogP contribution < -0.4 is 0 Å². The maximum absolute atomic E-state index is 2.39. The molecule has 2 aliphatic rings. The molecule has 0 heteroatoms. The Morgan fingerprint density at radius 2 is 0.556 bits per heavy atom. The lowest BCUT2D eigenvalue weighted by molar-refractivity contribution is 0.352. The van der Waals surface area contributed by atoms with Crippen LogP contribution in [0.4, 0.5) is 0 Å². The van der Waals surface area contributed by atoms with Crippen LogP contribution in [0, 0.1) is 47.3 Å². The van der Waals surface area contributed by atoms with Crippen LogP contribution in [-0.2, 0) is 0 Å². The Hall–Kier alpha value is 0. The Kier molecular flexibility index (Phi) is 5.74. The molecule has 0 saturated heterocycles. The summed E-state index contributed by atoms with van der Waals surface area (Å²) in [6, 6.07) is 0. The predicted octanol–water partition coefficient (Wildman–Crippen LogP) is 5.87. The van der Waals surface area contributed by atoms with Crippen molar-refractivity contribution < 1.29 is 0 Å². The Labute approximate surface area is 116 Å². The topological polar surface area (TPSA) is 0 Å². The first-order valence-corrected chi connectivity index (χ1v) is 8.25. The van der Waals surface area contributed by atoms with Gasteiger partial charge in [-0.25, -0.2) is 0 Å². The van der Waals surface area contributed by atoms with Crippen molar-refractivity contribution in [1.29, 1.82) is 0 Å². The summed E-state index contributed by atoms with van der Waals surface area (Å²) < 4.78 is 0. The van der Waals surface area contributed by atoms with Crippen molar-refractivity contribution >= 4 is 0 Å². The maximum atomic E-state index is 2.39. The molecule has 0 aromatic carbocycles. The Bertz CT molecular complexity index is 194. The van der Waals surface area contributed by atoms with Gasteiger partial charge >= 0.3 is 0 Å². The molecule has 18 heavy (non-hydrogen) atoms. The van der Waals surface area contributed by atoms with E-state index >= 15 is 0 Å². The molecule has 0 N–H and O–H groups in total. The SMILES string of the molecule is CC1C(C)[C@@H](C)C[C@H]1C.CC1C(C)[C@@H](C)C[C@H]1C. The molecular formula is C18H36. The van der Waals surface area contributed by atoms with Crippen molar-refractivity contribution in [2.45, 2.75) is 68.2 Å². The summed E-state index contributed by atoms with van der Waals surface area (Å²) in [5, 5.41) is 0. The third-order valence-electron chi connectivity index (χ3n) is 6.74. The predicted molar refractivity (Wildman–Crippen MR) is 82.5 cm³/mol. The van der Waals surface area contributed by atoms with Crippen LogP contribution in [-0.4, -0.2) is 0 Å². The van der Waals surface area contributed by atoms with Crippen LogP contribution >= 0.6 is 0 Å². The highest BCUT2D eigenvalue weighted by Crippen LogP contribution is 2.40. The third-order valence-corrected chi connectivity index (χ3v) is 6.74. The average Bonchev–Trinajstić information content (AvgIpc) is 2.66. The first-order valence-electron chi connectivity index (χ1n) is 8.25. The highest BCUT2D eigenvalue weighted by Gasteiger charge is 2.32. The van der Waals surface area contributed by atoms with Gasteiger partial charge in [0.05, 0.1) is 0 Å². The quantitative estimate of drug-likeness (QED) is 0.506. The summed E-state index contributed by atoms with van der Waals surface area (Å²) >= 11 is 0. The molecule has 2 fully saturated rings. The summed E-state index contributed by atoms with van der Waals surface area (Å²) in [4.78, 5) is 0. The van der Waals surface area contributed by atoms with E-state index in [4.69, 9.17) is 0 Å². The summed E-state index contributed by atoms with van der Waals surface area (Å²) in [5.74, 6) is 7.70. The van der Waals surface area contributed by atoms with Gasteiger partial charge < -0.3 is 0 Å². The molecule has 0 bridgehead atoms. The number of hydrogen-bond donors (Lipinski definition) is 0. The molecule has 2 rings (SSSR count). The first-order chi connectivity index (χ1) is 8.25. The van der Waals surface area contributed by atoms with E-state index in [9.17, 15) is 0 Å². The fraction of sp³-hybridized carbons (Fsp3) is 1.00. The zero-order valence-corrected chi connectivity index (χ0v) is 14.0. The largest absolute Gasteiger partial charge is 0.0622 e. The van der Waals surface area contributed by atoms with E-state index in [2.05, 4.69) is 55.4 Å². The second-order valence-electron chi connectivity index (χ2n) is 7.82. The van der Waals surface area contributed by atoms with E-state index in [1.165, 1.54) is 12.8 Å². The van der Waals surface area contributed by atoms with Gasteiger partial charge in [-0.15, -0.1) is 0 Å². The van der Waals surface area contributed by atoms with Crippen LogP contribution in [0.25, 0.3) is 0 Å². The van der Waals surface area contributed by atoms with Crippen LogP contribution in [0.15, 0.2) is 0 Å². The zero-order valence-electron chi connectivity index (χ0n) is 14.0. The number of rotatable bonds is 0. The Morgan fingerprint density at radius 3 is 0.611 bits per heavy atom. The molecular weight excluding hydrogens is 216 g/mol. The van der Waals surface area contributed by atoms with E-state index in [1.807, 2.05) is 0 Å². The van der Waals surface area contributed by atoms with Gasteiger partial charge in [0.25, 0.3) is 0 Å². The molecule has 0 radical (unpaired) electrons. The van der Waals surface area contributed by atoms with Crippen LogP contribution in [0.5, 0.6) is 0 Å². The average molecular weight is 252 g/mol. The van der Waals surface area contributed by atoms with E-state index < -0.39 is 0 Å². The van der Waals surface area contributed by atoms with Gasteiger partial charge in [-0.2, -0.15) is 0 Å². The molecule has 0 heterocycles. The molecule has 108 valence electrons. The van der Waals surface area contributed by atoms with Crippen LogP contribution in [0.1, 0.15) is 68.2 Å². The molecule has 0 aromatic heterocycles. The minimum absolute atomic E-state index is 0.958. The van der Waals surface area contributed by atoms with Gasteiger partial charge in [0.15, 0.2) is 0 Å². The van der Waals surface area contributed by atoms with Gasteiger partial charge in [-0.05, 0) is 60.2 Å². The first kappa shape index (κ1) is 16.1. The molecule has 0 nitrogen and oxygen atoms in total. The molecule has 8 atom stereocenters. The van der Waals surface area contributed by atoms with Crippen LogP contribution in [0.3, 0.4) is 0 Å². The minimum Gasteiger partial charge on any atom is -0.0622 e. The lowest BCUT2D eigenvalue weighted by atomic mass is 9.92. The molecule has 0 spiro atoms. The van der Waals surface area contributed by atoms with Crippen molar-refractivity contribution in [2.75, 3.05) is 0 Å². The Balaban J connectivity index is 0.000000180. The van der Waals surface area contributed by atoms with Crippen molar-refractivity contribution in [2.24, 2.45) is 47.3 Å². The summed E-state index contributed by atoms with van der Waals surface area (Å²) in [5.41, 5.74) is 0. The molecule has 2 saturated carbocycles. The lowest BCUT2D eigenvalue weighted by Gasteiger charge is -2.14. The van der Waals surface area contributed by atoms with E-state index in [0.29, 0.717) is 0 Å². The van der Waals surface area contributed by atoms with Gasteiger partial charge in [0, 0.05) is 0 Å². The smallest absolute Gasteiger partial charge is 0.0389 e. The van der Waals surface area contributed by atoms with E-state index in [1.54, 1.807) is 0 Å². The second-order valence-corrected chi connectivity index (χ2v) is 7.82. The monoisotopic (exact) mass is 252 g/mol. The standard InChI is InChI=1S/2C9H18/c2*1-6-5-7(2)9(4)8(6)3/h2*6-9H,5H2,1-4H3/t2*6-,7+,8?,9?. The molecule has 0 amide bonds. The maximum Gasteiger partial charge on any atom is -0.0389 e. The van der Waals surface area contributed by atoms with E-state index in [0.717, 1.165) is 47.3 Å². The summed E-state index contributed by atoms with van der Waals surface area (Å²) in [6.07, 6.45) is 2.89. The van der Waals surface area contributed by atoms with Crippen molar-refractivity contribution in [1.82, 2.24) is 0 Å². The van der Waals surface area contributed by atoms with Gasteiger partial charge in [-0.3, -0.25) is 0 Å². The van der Waals surface area contributed by atoms with Crippen molar-refractivity contribution in [3.8, 4) is 0 Å². The highest BCUT2D eigenvalue weighted by atomic mass is 14.4. The molecule has 4 unspecified atom stereocenters. The fourth-order valence-corrected chi connectivity index (χ4v) is 4.10. The van der Waals surface area contributed by atoms with Gasteiger partial charge in [0.2, 0.25) is 0 Å². The summed E-state index contributed by atoms with van der Waals surface area (Å²) in [7, 11) is 0. The second kappa shape index (κ2) is 6.44. The normalized spacial score (nSPS) is 52.0.